The molecule has 126 valence electrons. The zero-order valence-corrected chi connectivity index (χ0v) is 13.1. The summed E-state index contributed by atoms with van der Waals surface area (Å²) in [6.07, 6.45) is 0. The van der Waals surface area contributed by atoms with Crippen LogP contribution in [0.25, 0.3) is 0 Å². The van der Waals surface area contributed by atoms with E-state index < -0.39 is 5.97 Å². The summed E-state index contributed by atoms with van der Waals surface area (Å²) in [7, 11) is 0. The van der Waals surface area contributed by atoms with Crippen molar-refractivity contribution in [1.82, 2.24) is 9.88 Å². The Morgan fingerprint density at radius 3 is 2.71 bits per heavy atom. The van der Waals surface area contributed by atoms with Crippen LogP contribution in [0.5, 0.6) is 0 Å². The smallest absolute Gasteiger partial charge is 0.337 e. The molecule has 0 bridgehead atoms. The molecule has 1 aliphatic heterocycles. The van der Waals surface area contributed by atoms with E-state index in [4.69, 9.17) is 4.74 Å². The van der Waals surface area contributed by atoms with Gasteiger partial charge in [0.15, 0.2) is 0 Å². The van der Waals surface area contributed by atoms with Crippen LogP contribution in [0.1, 0.15) is 45.1 Å². The fourth-order valence-corrected chi connectivity index (χ4v) is 2.80. The van der Waals surface area contributed by atoms with E-state index in [2.05, 4.69) is 5.32 Å². The number of amides is 1. The average molecular weight is 332 g/mol. The van der Waals surface area contributed by atoms with Crippen molar-refractivity contribution < 1.29 is 23.8 Å². The van der Waals surface area contributed by atoms with E-state index in [1.807, 2.05) is 0 Å². The summed E-state index contributed by atoms with van der Waals surface area (Å²) in [6.45, 7) is 2.81. The molecule has 2 aromatic rings. The van der Waals surface area contributed by atoms with Gasteiger partial charge >= 0.3 is 5.97 Å². The number of carboxylic acids is 1. The van der Waals surface area contributed by atoms with Gasteiger partial charge in [0.2, 0.25) is 0 Å². The number of hydrogen-bond donors (Lipinski definition) is 2. The number of fused-ring (bicyclic) bond motifs is 1. The van der Waals surface area contributed by atoms with Crippen LogP contribution in [0.4, 0.5) is 4.39 Å². The second-order valence-electron chi connectivity index (χ2n) is 5.65. The minimum Gasteiger partial charge on any atom is -0.478 e. The lowest BCUT2D eigenvalue weighted by Crippen LogP contribution is -2.30. The number of carboxylic acid groups (broad SMARTS) is 1. The summed E-state index contributed by atoms with van der Waals surface area (Å²) in [6, 6.07) is 6.90. The largest absolute Gasteiger partial charge is 0.478 e. The van der Waals surface area contributed by atoms with E-state index in [1.54, 1.807) is 23.6 Å². The van der Waals surface area contributed by atoms with Crippen molar-refractivity contribution in [2.75, 3.05) is 6.61 Å². The van der Waals surface area contributed by atoms with Gasteiger partial charge < -0.3 is 19.7 Å². The summed E-state index contributed by atoms with van der Waals surface area (Å²) in [4.78, 5) is 23.9. The van der Waals surface area contributed by atoms with Gasteiger partial charge in [-0.1, -0.05) is 12.1 Å². The predicted molar refractivity (Wildman–Crippen MR) is 83.3 cm³/mol. The van der Waals surface area contributed by atoms with Crippen molar-refractivity contribution in [2.45, 2.75) is 26.1 Å². The summed E-state index contributed by atoms with van der Waals surface area (Å²) >= 11 is 0. The molecule has 1 aromatic heterocycles. The predicted octanol–water partition coefficient (Wildman–Crippen LogP) is 2.35. The fraction of sp³-hybridized carbons (Fsp3) is 0.294. The molecule has 0 spiro atoms. The van der Waals surface area contributed by atoms with Crippen molar-refractivity contribution in [2.24, 2.45) is 0 Å². The highest BCUT2D eigenvalue weighted by Crippen LogP contribution is 2.22. The second-order valence-corrected chi connectivity index (χ2v) is 5.65. The Labute approximate surface area is 137 Å². The first kappa shape index (κ1) is 16.2. The SMILES string of the molecule is CC(NC(=O)c1cc(C(=O)O)c2n1CCOC2)c1ccc(F)cc1. The molecule has 1 unspecified atom stereocenters. The highest BCUT2D eigenvalue weighted by molar-refractivity contribution is 5.98. The number of aromatic nitrogens is 1. The molecule has 24 heavy (non-hydrogen) atoms. The number of nitrogens with zero attached hydrogens (tertiary/aromatic N) is 1. The van der Waals surface area contributed by atoms with E-state index >= 15 is 0 Å². The maximum atomic E-state index is 13.0. The third-order valence-electron chi connectivity index (χ3n) is 4.09. The molecule has 0 fully saturated rings. The fourth-order valence-electron chi connectivity index (χ4n) is 2.80. The third-order valence-corrected chi connectivity index (χ3v) is 4.09. The van der Waals surface area contributed by atoms with Crippen LogP contribution in [0.2, 0.25) is 0 Å². The van der Waals surface area contributed by atoms with Crippen LogP contribution < -0.4 is 5.32 Å². The van der Waals surface area contributed by atoms with Gasteiger partial charge in [0.1, 0.15) is 11.5 Å². The lowest BCUT2D eigenvalue weighted by atomic mass is 10.1. The van der Waals surface area contributed by atoms with Crippen molar-refractivity contribution in [3.63, 3.8) is 0 Å². The van der Waals surface area contributed by atoms with Gasteiger partial charge in [0, 0.05) is 6.54 Å². The number of halogens is 1. The minimum absolute atomic E-state index is 0.0780. The van der Waals surface area contributed by atoms with Crippen LogP contribution in [-0.4, -0.2) is 28.2 Å². The van der Waals surface area contributed by atoms with E-state index in [0.717, 1.165) is 5.56 Å². The molecule has 7 heteroatoms. The van der Waals surface area contributed by atoms with Gasteiger partial charge in [-0.25, -0.2) is 9.18 Å². The highest BCUT2D eigenvalue weighted by atomic mass is 19.1. The van der Waals surface area contributed by atoms with Crippen LogP contribution in [0, 0.1) is 5.82 Å². The van der Waals surface area contributed by atoms with E-state index in [9.17, 15) is 19.1 Å². The monoisotopic (exact) mass is 332 g/mol. The molecule has 1 atom stereocenters. The molecule has 1 amide bonds. The number of benzene rings is 1. The van der Waals surface area contributed by atoms with Gasteiger partial charge in [0.05, 0.1) is 30.5 Å². The standard InChI is InChI=1S/C17H17FN2O4/c1-10(11-2-4-12(18)5-3-11)19-16(21)14-8-13(17(22)23)15-9-24-7-6-20(14)15/h2-5,8,10H,6-7,9H2,1H3,(H,19,21)(H,22,23). The van der Waals surface area contributed by atoms with Gasteiger partial charge in [0.25, 0.3) is 5.91 Å². The summed E-state index contributed by atoms with van der Waals surface area (Å²) in [5.41, 5.74) is 1.62. The number of hydrogen-bond acceptors (Lipinski definition) is 3. The Balaban J connectivity index is 1.85. The molecule has 2 heterocycles. The minimum atomic E-state index is -1.09. The first-order valence-electron chi connectivity index (χ1n) is 7.57. The van der Waals surface area contributed by atoms with Crippen molar-refractivity contribution in [3.05, 3.63) is 58.7 Å². The second kappa shape index (κ2) is 6.45. The molecule has 0 aliphatic carbocycles. The number of rotatable bonds is 4. The molecule has 0 saturated heterocycles. The zero-order chi connectivity index (χ0) is 17.3. The molecular weight excluding hydrogens is 315 g/mol. The zero-order valence-electron chi connectivity index (χ0n) is 13.1. The Morgan fingerprint density at radius 2 is 2.04 bits per heavy atom. The van der Waals surface area contributed by atoms with Gasteiger partial charge in [-0.2, -0.15) is 0 Å². The maximum Gasteiger partial charge on any atom is 0.337 e. The molecule has 1 aliphatic rings. The van der Waals surface area contributed by atoms with Crippen molar-refractivity contribution in [3.8, 4) is 0 Å². The van der Waals surface area contributed by atoms with Gasteiger partial charge in [-0.3, -0.25) is 4.79 Å². The number of nitrogens with one attached hydrogen (secondary N) is 1. The van der Waals surface area contributed by atoms with E-state index in [1.165, 1.54) is 18.2 Å². The van der Waals surface area contributed by atoms with Gasteiger partial charge in [-0.15, -0.1) is 0 Å². The normalized spacial score (nSPS) is 14.8. The molecule has 0 saturated carbocycles. The molecule has 6 nitrogen and oxygen atoms in total. The molecule has 2 N–H and O–H groups in total. The Hall–Kier alpha value is -2.67. The van der Waals surface area contributed by atoms with Crippen LogP contribution in [0.15, 0.2) is 30.3 Å². The topological polar surface area (TPSA) is 80.6 Å². The van der Waals surface area contributed by atoms with Gasteiger partial charge in [-0.05, 0) is 30.7 Å². The lowest BCUT2D eigenvalue weighted by molar-refractivity contribution is 0.0656. The first-order chi connectivity index (χ1) is 11.5. The molecule has 0 radical (unpaired) electrons. The Kier molecular flexibility index (Phi) is 4.35. The molecular formula is C17H17FN2O4. The van der Waals surface area contributed by atoms with Crippen LogP contribution >= 0.6 is 0 Å². The lowest BCUT2D eigenvalue weighted by Gasteiger charge is -2.20. The van der Waals surface area contributed by atoms with E-state index in [0.29, 0.717) is 24.5 Å². The van der Waals surface area contributed by atoms with Crippen molar-refractivity contribution >= 4 is 11.9 Å². The number of carbonyl (C=O) groups excluding carboxylic acids is 1. The first-order valence-corrected chi connectivity index (χ1v) is 7.57. The average Bonchev–Trinajstić information content (AvgIpc) is 2.95. The third kappa shape index (κ3) is 3.03. The van der Waals surface area contributed by atoms with Crippen LogP contribution in [-0.2, 0) is 17.9 Å². The van der Waals surface area contributed by atoms with E-state index in [-0.39, 0.29) is 29.9 Å². The summed E-state index contributed by atoms with van der Waals surface area (Å²) in [5.74, 6) is -1.80. The molecule has 3 rings (SSSR count). The maximum absolute atomic E-state index is 13.0. The molecule has 1 aromatic carbocycles. The summed E-state index contributed by atoms with van der Waals surface area (Å²) < 4.78 is 20.0. The highest BCUT2D eigenvalue weighted by Gasteiger charge is 2.26. The van der Waals surface area contributed by atoms with Crippen LogP contribution in [0.3, 0.4) is 0 Å². The van der Waals surface area contributed by atoms with Crippen molar-refractivity contribution in [1.29, 1.82) is 0 Å². The Morgan fingerprint density at radius 1 is 1.33 bits per heavy atom. The quantitative estimate of drug-likeness (QED) is 0.900. The summed E-state index contributed by atoms with van der Waals surface area (Å²) in [5, 5.41) is 12.1. The number of carbonyl (C=O) groups is 2. The Bertz CT molecular complexity index is 783. The number of aromatic carboxylic acids is 1. The number of ether oxygens (including phenoxy) is 1.